The first-order chi connectivity index (χ1) is 9.12. The van der Waals surface area contributed by atoms with Gasteiger partial charge in [-0.15, -0.1) is 11.8 Å². The Balaban J connectivity index is 0.00000154. The van der Waals surface area contributed by atoms with E-state index in [1.807, 2.05) is 13.8 Å². The third-order valence-corrected chi connectivity index (χ3v) is 3.61. The first kappa shape index (κ1) is 17.5. The lowest BCUT2D eigenvalue weighted by Crippen LogP contribution is -2.37. The molecule has 2 amide bonds. The number of allylic oxidation sites excluding steroid dienone is 1. The second-order valence-corrected chi connectivity index (χ2v) is 4.50. The number of rotatable bonds is 4. The van der Waals surface area contributed by atoms with E-state index < -0.39 is 0 Å². The van der Waals surface area contributed by atoms with Crippen molar-refractivity contribution in [3.8, 4) is 0 Å². The van der Waals surface area contributed by atoms with Gasteiger partial charge in [-0.3, -0.25) is 9.59 Å². The molecule has 0 aromatic carbocycles. The van der Waals surface area contributed by atoms with E-state index in [0.29, 0.717) is 12.4 Å². The second-order valence-electron chi connectivity index (χ2n) is 3.51. The van der Waals surface area contributed by atoms with Crippen LogP contribution in [0.15, 0.2) is 35.8 Å². The zero-order valence-electron chi connectivity index (χ0n) is 11.9. The molecule has 4 nitrogen and oxygen atoms in total. The van der Waals surface area contributed by atoms with E-state index >= 15 is 0 Å². The van der Waals surface area contributed by atoms with Crippen molar-refractivity contribution in [2.24, 2.45) is 0 Å². The van der Waals surface area contributed by atoms with E-state index in [9.17, 15) is 9.59 Å². The zero-order valence-corrected chi connectivity index (χ0v) is 12.7. The third kappa shape index (κ3) is 5.34. The van der Waals surface area contributed by atoms with Gasteiger partial charge in [0.15, 0.2) is 0 Å². The smallest absolute Gasteiger partial charge is 0.233 e. The van der Waals surface area contributed by atoms with Crippen molar-refractivity contribution in [3.63, 3.8) is 0 Å². The minimum atomic E-state index is -0.265. The van der Waals surface area contributed by atoms with E-state index in [1.165, 1.54) is 18.8 Å². The summed E-state index contributed by atoms with van der Waals surface area (Å²) in [5.41, 5.74) is 0.974. The Morgan fingerprint density at radius 3 is 2.47 bits per heavy atom. The number of hydrogen-bond acceptors (Lipinski definition) is 3. The molecule has 0 atom stereocenters. The zero-order chi connectivity index (χ0) is 14.8. The fraction of sp³-hybridized carbons (Fsp3) is 0.429. The minimum absolute atomic E-state index is 0.106. The summed E-state index contributed by atoms with van der Waals surface area (Å²) >= 11 is 1.53. The van der Waals surface area contributed by atoms with Crippen molar-refractivity contribution < 1.29 is 9.59 Å². The maximum Gasteiger partial charge on any atom is 0.233 e. The van der Waals surface area contributed by atoms with Crippen molar-refractivity contribution in [1.29, 1.82) is 0 Å². The lowest BCUT2D eigenvalue weighted by Gasteiger charge is -2.28. The Kier molecular flexibility index (Phi) is 8.70. The van der Waals surface area contributed by atoms with Gasteiger partial charge in [-0.05, 0) is 5.57 Å². The summed E-state index contributed by atoms with van der Waals surface area (Å²) in [4.78, 5) is 25.6. The van der Waals surface area contributed by atoms with Crippen molar-refractivity contribution in [2.75, 3.05) is 19.5 Å². The van der Waals surface area contributed by atoms with Gasteiger partial charge in [-0.1, -0.05) is 39.2 Å². The summed E-state index contributed by atoms with van der Waals surface area (Å²) in [6.45, 7) is 11.9. The number of hydrogen-bond donors (Lipinski definition) is 1. The minimum Gasteiger partial charge on any atom is -0.359 e. The average Bonchev–Trinajstić information content (AvgIpc) is 2.48. The summed E-state index contributed by atoms with van der Waals surface area (Å²) in [5.74, 6) is 0.118. The van der Waals surface area contributed by atoms with Crippen LogP contribution in [0.3, 0.4) is 0 Å². The van der Waals surface area contributed by atoms with E-state index in [4.69, 9.17) is 0 Å². The summed E-state index contributed by atoms with van der Waals surface area (Å²) < 4.78 is 0. The van der Waals surface area contributed by atoms with Crippen LogP contribution in [0.4, 0.5) is 0 Å². The maximum absolute atomic E-state index is 11.8. The van der Waals surface area contributed by atoms with Gasteiger partial charge in [0.2, 0.25) is 11.8 Å². The summed E-state index contributed by atoms with van der Waals surface area (Å²) in [6, 6.07) is 0. The van der Waals surface area contributed by atoms with Crippen LogP contribution in [0.1, 0.15) is 20.3 Å². The van der Waals surface area contributed by atoms with Crippen LogP contribution in [0.2, 0.25) is 0 Å². The van der Waals surface area contributed by atoms with E-state index in [2.05, 4.69) is 18.5 Å². The fourth-order valence-corrected chi connectivity index (χ4v) is 2.40. The summed E-state index contributed by atoms with van der Waals surface area (Å²) in [5, 5.41) is 2.44. The Labute approximate surface area is 119 Å². The van der Waals surface area contributed by atoms with Crippen molar-refractivity contribution in [1.82, 2.24) is 10.2 Å². The molecule has 0 radical (unpaired) electrons. The second kappa shape index (κ2) is 9.44. The van der Waals surface area contributed by atoms with Crippen molar-refractivity contribution in [3.05, 3.63) is 35.8 Å². The van der Waals surface area contributed by atoms with Crippen molar-refractivity contribution >= 4 is 23.6 Å². The van der Waals surface area contributed by atoms with Crippen LogP contribution >= 0.6 is 11.8 Å². The highest BCUT2D eigenvalue weighted by Gasteiger charge is 2.22. The van der Waals surface area contributed by atoms with Gasteiger partial charge in [0.05, 0.1) is 5.88 Å². The Hall–Kier alpha value is -1.49. The largest absolute Gasteiger partial charge is 0.359 e. The molecular weight excluding hydrogens is 260 g/mol. The highest BCUT2D eigenvalue weighted by atomic mass is 32.2. The van der Waals surface area contributed by atoms with E-state index in [0.717, 1.165) is 10.5 Å². The fourth-order valence-electron chi connectivity index (χ4n) is 1.42. The van der Waals surface area contributed by atoms with Gasteiger partial charge < -0.3 is 10.2 Å². The van der Waals surface area contributed by atoms with E-state index in [-0.39, 0.29) is 18.2 Å². The van der Waals surface area contributed by atoms with Gasteiger partial charge in [0, 0.05) is 18.5 Å². The lowest BCUT2D eigenvalue weighted by molar-refractivity contribution is -0.134. The van der Waals surface area contributed by atoms with E-state index in [1.54, 1.807) is 17.1 Å². The predicted octanol–water partition coefficient (Wildman–Crippen LogP) is 2.31. The first-order valence-electron chi connectivity index (χ1n) is 6.21. The molecule has 0 unspecified atom stereocenters. The number of carbonyl (C=O) groups excluding carboxylic acids is 2. The highest BCUT2D eigenvalue weighted by Crippen LogP contribution is 2.28. The number of carbonyl (C=O) groups is 2. The van der Waals surface area contributed by atoms with Crippen LogP contribution in [-0.2, 0) is 9.59 Å². The Morgan fingerprint density at radius 1 is 1.37 bits per heavy atom. The quantitative estimate of drug-likeness (QED) is 0.805. The lowest BCUT2D eigenvalue weighted by atomic mass is 10.2. The Bertz CT molecular complexity index is 389. The van der Waals surface area contributed by atoms with Crippen LogP contribution in [0.25, 0.3) is 0 Å². The number of nitrogens with zero attached hydrogens (tertiary/aromatic N) is 1. The summed E-state index contributed by atoms with van der Waals surface area (Å²) in [6.07, 6.45) is 3.39. The molecule has 0 aliphatic carbocycles. The molecule has 1 aliphatic rings. The van der Waals surface area contributed by atoms with Gasteiger partial charge >= 0.3 is 0 Å². The molecule has 5 heteroatoms. The molecule has 0 bridgehead atoms. The van der Waals surface area contributed by atoms with Crippen molar-refractivity contribution in [2.45, 2.75) is 20.3 Å². The molecule has 19 heavy (non-hydrogen) atoms. The van der Waals surface area contributed by atoms with Crippen LogP contribution < -0.4 is 5.32 Å². The third-order valence-electron chi connectivity index (χ3n) is 2.43. The average molecular weight is 282 g/mol. The standard InChI is InChI=1S/C12H16N2O2S.C2H6/c1-4-9-7-14(8-17-10(9)5-2)12(16)6-11(15)13-3;1-2/h4-5H,1-2,6-8H2,3H3,(H,13,15);1-2H3. The molecule has 0 fully saturated rings. The number of thioether (sulfide) groups is 1. The molecule has 1 rings (SSSR count). The molecular formula is C14H22N2O2S. The molecule has 0 saturated carbocycles. The number of nitrogens with one attached hydrogen (secondary N) is 1. The molecule has 0 spiro atoms. The molecule has 1 heterocycles. The number of amides is 2. The maximum atomic E-state index is 11.8. The normalized spacial score (nSPS) is 14.2. The monoisotopic (exact) mass is 282 g/mol. The van der Waals surface area contributed by atoms with Gasteiger partial charge in [0.1, 0.15) is 6.42 Å². The summed E-state index contributed by atoms with van der Waals surface area (Å²) in [7, 11) is 1.52. The molecule has 0 aromatic rings. The highest BCUT2D eigenvalue weighted by molar-refractivity contribution is 8.03. The van der Waals surface area contributed by atoms with Crippen LogP contribution in [0.5, 0.6) is 0 Å². The van der Waals surface area contributed by atoms with Gasteiger partial charge in [-0.2, -0.15) is 0 Å². The molecule has 0 aromatic heterocycles. The first-order valence-corrected chi connectivity index (χ1v) is 7.20. The molecule has 1 aliphatic heterocycles. The molecule has 1 N–H and O–H groups in total. The topological polar surface area (TPSA) is 49.4 Å². The molecule has 106 valence electrons. The van der Waals surface area contributed by atoms with Gasteiger partial charge in [0.25, 0.3) is 0 Å². The van der Waals surface area contributed by atoms with Crippen LogP contribution in [0, 0.1) is 0 Å². The Morgan fingerprint density at radius 2 is 2.00 bits per heavy atom. The predicted molar refractivity (Wildman–Crippen MR) is 81.6 cm³/mol. The molecule has 0 saturated heterocycles. The van der Waals surface area contributed by atoms with Crippen LogP contribution in [-0.4, -0.2) is 36.2 Å². The van der Waals surface area contributed by atoms with Gasteiger partial charge in [-0.25, -0.2) is 0 Å². The SMILES string of the molecule is C=CC1=C(C=C)SCN(C(=O)CC(=O)NC)C1.CC.